The van der Waals surface area contributed by atoms with Gasteiger partial charge in [0.2, 0.25) is 0 Å². The molecule has 1 saturated heterocycles. The molecular formula is C24H34N2O3S. The summed E-state index contributed by atoms with van der Waals surface area (Å²) in [4.78, 5) is 12.0. The maximum absolute atomic E-state index is 12.0. The van der Waals surface area contributed by atoms with Crippen molar-refractivity contribution >= 4 is 17.3 Å². The maximum atomic E-state index is 12.0. The first-order valence-electron chi connectivity index (χ1n) is 11.5. The fourth-order valence-electron chi connectivity index (χ4n) is 3.67. The third kappa shape index (κ3) is 7.47. The van der Waals surface area contributed by atoms with Crippen LogP contribution >= 0.6 is 11.3 Å². The van der Waals surface area contributed by atoms with Crippen LogP contribution in [0.3, 0.4) is 0 Å². The molecule has 6 heteroatoms. The van der Waals surface area contributed by atoms with Gasteiger partial charge in [0, 0.05) is 18.6 Å². The summed E-state index contributed by atoms with van der Waals surface area (Å²) in [6.45, 7) is 2.90. The zero-order valence-electron chi connectivity index (χ0n) is 18.1. The summed E-state index contributed by atoms with van der Waals surface area (Å²) < 4.78 is 10.8. The first-order chi connectivity index (χ1) is 14.8. The first kappa shape index (κ1) is 22.9. The van der Waals surface area contributed by atoms with Crippen molar-refractivity contribution in [2.75, 3.05) is 6.61 Å². The molecule has 0 amide bonds. The van der Waals surface area contributed by atoms with Gasteiger partial charge in [0.1, 0.15) is 15.8 Å². The van der Waals surface area contributed by atoms with Crippen LogP contribution in [-0.4, -0.2) is 28.9 Å². The van der Waals surface area contributed by atoms with E-state index in [2.05, 4.69) is 17.1 Å². The van der Waals surface area contributed by atoms with Crippen molar-refractivity contribution in [3.05, 3.63) is 29.3 Å². The summed E-state index contributed by atoms with van der Waals surface area (Å²) in [5.41, 5.74) is 1.00. The lowest BCUT2D eigenvalue weighted by Gasteiger charge is -2.09. The Morgan fingerprint density at radius 3 is 2.40 bits per heavy atom. The van der Waals surface area contributed by atoms with Crippen molar-refractivity contribution in [1.82, 2.24) is 10.2 Å². The molecule has 1 aromatic heterocycles. The SMILES string of the molecule is CCCCCCCCCCCc1nnc(-c2ccc(OC(=O)[C@H]3CCCO3)cc2)s1. The molecule has 1 atom stereocenters. The summed E-state index contributed by atoms with van der Waals surface area (Å²) >= 11 is 1.65. The van der Waals surface area contributed by atoms with Crippen LogP contribution in [0.1, 0.15) is 82.6 Å². The lowest BCUT2D eigenvalue weighted by atomic mass is 10.1. The van der Waals surface area contributed by atoms with Crippen molar-refractivity contribution in [1.29, 1.82) is 0 Å². The predicted molar refractivity (Wildman–Crippen MR) is 121 cm³/mol. The number of aromatic nitrogens is 2. The van der Waals surface area contributed by atoms with Crippen molar-refractivity contribution in [2.24, 2.45) is 0 Å². The van der Waals surface area contributed by atoms with Gasteiger partial charge >= 0.3 is 5.97 Å². The Kier molecular flexibility index (Phi) is 9.77. The number of unbranched alkanes of at least 4 members (excludes halogenated alkanes) is 8. The van der Waals surface area contributed by atoms with E-state index in [1.807, 2.05) is 24.3 Å². The van der Waals surface area contributed by atoms with Gasteiger partial charge in [0.15, 0.2) is 6.10 Å². The summed E-state index contributed by atoms with van der Waals surface area (Å²) in [7, 11) is 0. The Balaban J connectivity index is 1.36. The molecule has 0 saturated carbocycles. The van der Waals surface area contributed by atoms with Crippen LogP contribution in [0, 0.1) is 0 Å². The van der Waals surface area contributed by atoms with Gasteiger partial charge in [-0.25, -0.2) is 4.79 Å². The zero-order valence-corrected chi connectivity index (χ0v) is 18.9. The predicted octanol–water partition coefficient (Wildman–Crippen LogP) is 6.36. The summed E-state index contributed by atoms with van der Waals surface area (Å²) in [6.07, 6.45) is 14.2. The van der Waals surface area contributed by atoms with Crippen LogP contribution in [0.25, 0.3) is 10.6 Å². The highest BCUT2D eigenvalue weighted by Gasteiger charge is 2.25. The van der Waals surface area contributed by atoms with Crippen molar-refractivity contribution < 1.29 is 14.3 Å². The number of aryl methyl sites for hydroxylation is 1. The molecule has 0 bridgehead atoms. The fraction of sp³-hybridized carbons (Fsp3) is 0.625. The second-order valence-corrected chi connectivity index (χ2v) is 9.09. The third-order valence-electron chi connectivity index (χ3n) is 5.47. The van der Waals surface area contributed by atoms with E-state index in [9.17, 15) is 4.79 Å². The highest BCUT2D eigenvalue weighted by molar-refractivity contribution is 7.14. The van der Waals surface area contributed by atoms with E-state index in [0.29, 0.717) is 12.4 Å². The molecule has 0 N–H and O–H groups in total. The summed E-state index contributed by atoms with van der Waals surface area (Å²) in [5.74, 6) is 0.234. The van der Waals surface area contributed by atoms with Gasteiger partial charge in [-0.05, 0) is 43.5 Å². The number of esters is 1. The Labute approximate surface area is 184 Å². The lowest BCUT2D eigenvalue weighted by molar-refractivity contribution is -0.144. The minimum absolute atomic E-state index is 0.306. The molecule has 1 aliphatic rings. The Morgan fingerprint density at radius 2 is 1.73 bits per heavy atom. The van der Waals surface area contributed by atoms with E-state index in [1.54, 1.807) is 11.3 Å². The lowest BCUT2D eigenvalue weighted by Crippen LogP contribution is -2.24. The molecule has 164 valence electrons. The fourth-order valence-corrected chi connectivity index (χ4v) is 4.56. The molecule has 1 aliphatic heterocycles. The second-order valence-electron chi connectivity index (χ2n) is 8.03. The van der Waals surface area contributed by atoms with Crippen molar-refractivity contribution in [2.45, 2.75) is 90.1 Å². The quantitative estimate of drug-likeness (QED) is 0.210. The van der Waals surface area contributed by atoms with Gasteiger partial charge in [-0.2, -0.15) is 0 Å². The average Bonchev–Trinajstić information content (AvgIpc) is 3.46. The normalized spacial score (nSPS) is 16.1. The Morgan fingerprint density at radius 1 is 1.03 bits per heavy atom. The average molecular weight is 431 g/mol. The monoisotopic (exact) mass is 430 g/mol. The van der Waals surface area contributed by atoms with E-state index in [-0.39, 0.29) is 5.97 Å². The van der Waals surface area contributed by atoms with Crippen LogP contribution in [0.5, 0.6) is 5.75 Å². The molecule has 3 rings (SSSR count). The Hall–Kier alpha value is -1.79. The number of hydrogen-bond donors (Lipinski definition) is 0. The van der Waals surface area contributed by atoms with Gasteiger partial charge in [-0.15, -0.1) is 10.2 Å². The number of nitrogens with zero attached hydrogens (tertiary/aromatic N) is 2. The van der Waals surface area contributed by atoms with Gasteiger partial charge in [0.25, 0.3) is 0 Å². The minimum Gasteiger partial charge on any atom is -0.425 e. The number of hydrogen-bond acceptors (Lipinski definition) is 6. The van der Waals surface area contributed by atoms with Crippen LogP contribution < -0.4 is 4.74 Å². The van der Waals surface area contributed by atoms with Gasteiger partial charge in [0.05, 0.1) is 0 Å². The largest absolute Gasteiger partial charge is 0.425 e. The first-order valence-corrected chi connectivity index (χ1v) is 12.3. The maximum Gasteiger partial charge on any atom is 0.340 e. The number of rotatable bonds is 13. The topological polar surface area (TPSA) is 61.3 Å². The molecule has 0 aliphatic carbocycles. The molecular weight excluding hydrogens is 396 g/mol. The van der Waals surface area contributed by atoms with Gasteiger partial charge in [-0.1, -0.05) is 69.6 Å². The third-order valence-corrected chi connectivity index (χ3v) is 6.51. The zero-order chi connectivity index (χ0) is 21.0. The molecule has 0 spiro atoms. The molecule has 1 aromatic carbocycles. The van der Waals surface area contributed by atoms with Crippen LogP contribution in [0.2, 0.25) is 0 Å². The number of ether oxygens (including phenoxy) is 2. The van der Waals surface area contributed by atoms with E-state index in [0.717, 1.165) is 34.8 Å². The second kappa shape index (κ2) is 12.8. The highest BCUT2D eigenvalue weighted by Crippen LogP contribution is 2.27. The Bertz CT molecular complexity index is 754. The van der Waals surface area contributed by atoms with Crippen molar-refractivity contribution in [3.8, 4) is 16.3 Å². The standard InChI is InChI=1S/C24H34N2O3S/c1-2-3-4-5-6-7-8-9-10-13-22-25-26-23(30-22)19-14-16-20(17-15-19)29-24(27)21-12-11-18-28-21/h14-17,21H,2-13,18H2,1H3/t21-/m1/s1. The molecule has 2 heterocycles. The van der Waals surface area contributed by atoms with Gasteiger partial charge in [-0.3, -0.25) is 0 Å². The van der Waals surface area contributed by atoms with Crippen LogP contribution in [0.4, 0.5) is 0 Å². The van der Waals surface area contributed by atoms with E-state index in [4.69, 9.17) is 9.47 Å². The summed E-state index contributed by atoms with van der Waals surface area (Å²) in [6, 6.07) is 7.48. The molecule has 5 nitrogen and oxygen atoms in total. The van der Waals surface area contributed by atoms with E-state index < -0.39 is 6.10 Å². The van der Waals surface area contributed by atoms with E-state index >= 15 is 0 Å². The minimum atomic E-state index is -0.420. The van der Waals surface area contributed by atoms with Crippen LogP contribution in [-0.2, 0) is 16.0 Å². The molecule has 0 unspecified atom stereocenters. The highest BCUT2D eigenvalue weighted by atomic mass is 32.1. The molecule has 1 fully saturated rings. The van der Waals surface area contributed by atoms with Crippen LogP contribution in [0.15, 0.2) is 24.3 Å². The number of carbonyl (C=O) groups is 1. The van der Waals surface area contributed by atoms with Gasteiger partial charge < -0.3 is 9.47 Å². The molecule has 0 radical (unpaired) electrons. The molecule has 2 aromatic rings. The summed E-state index contributed by atoms with van der Waals surface area (Å²) in [5, 5.41) is 10.7. The smallest absolute Gasteiger partial charge is 0.340 e. The van der Waals surface area contributed by atoms with Crippen molar-refractivity contribution in [3.63, 3.8) is 0 Å². The molecule has 30 heavy (non-hydrogen) atoms. The van der Waals surface area contributed by atoms with E-state index in [1.165, 1.54) is 57.8 Å². The number of benzene rings is 1. The number of carbonyl (C=O) groups excluding carboxylic acids is 1.